The van der Waals surface area contributed by atoms with Crippen LogP contribution in [-0.2, 0) is 16.6 Å². The lowest BCUT2D eigenvalue weighted by Gasteiger charge is -2.28. The lowest BCUT2D eigenvalue weighted by molar-refractivity contribution is -0.136. The van der Waals surface area contributed by atoms with Gasteiger partial charge in [0.15, 0.2) is 5.75 Å². The van der Waals surface area contributed by atoms with Crippen LogP contribution in [0.1, 0.15) is 60.1 Å². The zero-order chi connectivity index (χ0) is 30.1. The number of hydrogen-bond donors (Lipinski definition) is 2. The molecule has 0 bridgehead atoms. The Bertz CT molecular complexity index is 1560. The standard InChI is InChI=1S/C33H31Br3O5/c1-18-8-6-9-20(12-18)30(31-23(34)10-7-11-26(31)37)21-16-28(40-5)22(33(2,3)4)17-27(21)41-32-24(35)13-19(14-25(32)36)15-29(38)39/h6-14,16-17,30,37H,15H2,1-5H3,(H,38,39). The maximum absolute atomic E-state index is 11.3. The van der Waals surface area contributed by atoms with Gasteiger partial charge in [-0.3, -0.25) is 4.79 Å². The molecule has 4 aromatic rings. The molecule has 0 heterocycles. The molecule has 2 N–H and O–H groups in total. The van der Waals surface area contributed by atoms with Crippen LogP contribution in [0.15, 0.2) is 80.1 Å². The number of benzene rings is 4. The minimum atomic E-state index is -0.918. The first-order valence-electron chi connectivity index (χ1n) is 12.9. The second-order valence-electron chi connectivity index (χ2n) is 10.9. The minimum absolute atomic E-state index is 0.115. The molecular formula is C33H31Br3O5. The fourth-order valence-electron chi connectivity index (χ4n) is 4.90. The van der Waals surface area contributed by atoms with Gasteiger partial charge in [0.05, 0.1) is 22.5 Å². The monoisotopic (exact) mass is 744 g/mol. The number of hydrogen-bond acceptors (Lipinski definition) is 4. The Morgan fingerprint density at radius 2 is 1.56 bits per heavy atom. The van der Waals surface area contributed by atoms with E-state index in [2.05, 4.69) is 74.6 Å². The van der Waals surface area contributed by atoms with Gasteiger partial charge >= 0.3 is 5.97 Å². The van der Waals surface area contributed by atoms with E-state index < -0.39 is 11.9 Å². The lowest BCUT2D eigenvalue weighted by Crippen LogP contribution is -2.15. The van der Waals surface area contributed by atoms with E-state index in [0.717, 1.165) is 26.7 Å². The number of phenols is 1. The van der Waals surface area contributed by atoms with Gasteiger partial charge < -0.3 is 19.7 Å². The van der Waals surface area contributed by atoms with Crippen LogP contribution in [0.4, 0.5) is 0 Å². The highest BCUT2D eigenvalue weighted by atomic mass is 79.9. The molecule has 214 valence electrons. The van der Waals surface area contributed by atoms with Crippen LogP contribution in [0.3, 0.4) is 0 Å². The molecule has 0 fully saturated rings. The van der Waals surface area contributed by atoms with Gasteiger partial charge in [0.1, 0.15) is 17.2 Å². The number of rotatable bonds is 8. The molecular weight excluding hydrogens is 716 g/mol. The minimum Gasteiger partial charge on any atom is -0.508 e. The number of carboxylic acids is 1. The molecule has 0 spiro atoms. The molecule has 0 aliphatic heterocycles. The maximum Gasteiger partial charge on any atom is 0.307 e. The van der Waals surface area contributed by atoms with Gasteiger partial charge in [-0.2, -0.15) is 0 Å². The van der Waals surface area contributed by atoms with Crippen molar-refractivity contribution in [3.8, 4) is 23.0 Å². The Labute approximate surface area is 265 Å². The van der Waals surface area contributed by atoms with E-state index in [-0.39, 0.29) is 17.6 Å². The summed E-state index contributed by atoms with van der Waals surface area (Å²) < 4.78 is 14.6. The van der Waals surface area contributed by atoms with E-state index in [0.29, 0.717) is 37.3 Å². The number of aliphatic carboxylic acids is 1. The van der Waals surface area contributed by atoms with E-state index in [4.69, 9.17) is 9.47 Å². The first-order chi connectivity index (χ1) is 19.3. The zero-order valence-electron chi connectivity index (χ0n) is 23.4. The smallest absolute Gasteiger partial charge is 0.307 e. The molecule has 5 nitrogen and oxygen atoms in total. The van der Waals surface area contributed by atoms with Crippen molar-refractivity contribution < 1.29 is 24.5 Å². The Morgan fingerprint density at radius 1 is 0.902 bits per heavy atom. The van der Waals surface area contributed by atoms with Crippen LogP contribution in [0, 0.1) is 6.92 Å². The quantitative estimate of drug-likeness (QED) is 0.176. The highest BCUT2D eigenvalue weighted by molar-refractivity contribution is 9.11. The molecule has 0 aliphatic rings. The van der Waals surface area contributed by atoms with Crippen molar-refractivity contribution in [3.05, 3.63) is 114 Å². The number of aryl methyl sites for hydroxylation is 1. The van der Waals surface area contributed by atoms with Gasteiger partial charge in [0.2, 0.25) is 0 Å². The summed E-state index contributed by atoms with van der Waals surface area (Å²) in [5, 5.41) is 20.5. The summed E-state index contributed by atoms with van der Waals surface area (Å²) in [6.07, 6.45) is -0.115. The molecule has 4 rings (SSSR count). The average Bonchev–Trinajstić information content (AvgIpc) is 2.87. The van der Waals surface area contributed by atoms with Gasteiger partial charge in [-0.15, -0.1) is 0 Å². The molecule has 1 unspecified atom stereocenters. The van der Waals surface area contributed by atoms with E-state index in [9.17, 15) is 15.0 Å². The summed E-state index contributed by atoms with van der Waals surface area (Å²) in [6.45, 7) is 8.36. The van der Waals surface area contributed by atoms with Gasteiger partial charge in [-0.05, 0) is 91.7 Å². The molecule has 0 amide bonds. The maximum atomic E-state index is 11.3. The Hall–Kier alpha value is -2.81. The number of carboxylic acid groups (broad SMARTS) is 1. The molecule has 0 saturated carbocycles. The topological polar surface area (TPSA) is 76.0 Å². The second kappa shape index (κ2) is 12.6. The van der Waals surface area contributed by atoms with Crippen LogP contribution in [-0.4, -0.2) is 23.3 Å². The van der Waals surface area contributed by atoms with Crippen LogP contribution >= 0.6 is 47.8 Å². The first kappa shape index (κ1) is 31.1. The van der Waals surface area contributed by atoms with Crippen LogP contribution in [0.25, 0.3) is 0 Å². The summed E-state index contributed by atoms with van der Waals surface area (Å²) in [4.78, 5) is 11.3. The third-order valence-electron chi connectivity index (χ3n) is 6.77. The molecule has 1 atom stereocenters. The predicted molar refractivity (Wildman–Crippen MR) is 173 cm³/mol. The van der Waals surface area contributed by atoms with Crippen molar-refractivity contribution in [2.75, 3.05) is 7.11 Å². The fourth-order valence-corrected chi connectivity index (χ4v) is 6.93. The fraction of sp³-hybridized carbons (Fsp3) is 0.242. The van der Waals surface area contributed by atoms with Crippen molar-refractivity contribution in [3.63, 3.8) is 0 Å². The first-order valence-corrected chi connectivity index (χ1v) is 15.3. The number of aromatic hydroxyl groups is 1. The highest BCUT2D eigenvalue weighted by Crippen LogP contribution is 2.49. The Kier molecular flexibility index (Phi) is 9.56. The van der Waals surface area contributed by atoms with Gasteiger partial charge in [0, 0.05) is 27.1 Å². The summed E-state index contributed by atoms with van der Waals surface area (Å²) in [6, 6.07) is 21.0. The van der Waals surface area contributed by atoms with Crippen molar-refractivity contribution in [2.45, 2.75) is 45.4 Å². The van der Waals surface area contributed by atoms with E-state index in [1.165, 1.54) is 0 Å². The number of phenolic OH excluding ortho intramolecular Hbond substituents is 1. The molecule has 0 aliphatic carbocycles. The molecule has 8 heteroatoms. The van der Waals surface area contributed by atoms with E-state index in [1.807, 2.05) is 43.3 Å². The van der Waals surface area contributed by atoms with Crippen LogP contribution in [0.2, 0.25) is 0 Å². The number of ether oxygens (including phenoxy) is 2. The summed E-state index contributed by atoms with van der Waals surface area (Å²) >= 11 is 10.9. The number of carbonyl (C=O) groups is 1. The van der Waals surface area contributed by atoms with Crippen LogP contribution < -0.4 is 9.47 Å². The van der Waals surface area contributed by atoms with E-state index >= 15 is 0 Å². The van der Waals surface area contributed by atoms with Crippen molar-refractivity contribution in [1.29, 1.82) is 0 Å². The SMILES string of the molecule is COc1cc(C(c2cccc(C)c2)c2c(O)cccc2Br)c(Oc2c(Br)cc(CC(=O)O)cc2Br)cc1C(C)(C)C. The van der Waals surface area contributed by atoms with E-state index in [1.54, 1.807) is 31.4 Å². The number of halogens is 3. The van der Waals surface area contributed by atoms with Crippen molar-refractivity contribution in [1.82, 2.24) is 0 Å². The molecule has 0 saturated heterocycles. The van der Waals surface area contributed by atoms with Gasteiger partial charge in [0.25, 0.3) is 0 Å². The van der Waals surface area contributed by atoms with Crippen molar-refractivity contribution >= 4 is 53.8 Å². The Morgan fingerprint density at radius 3 is 2.12 bits per heavy atom. The molecule has 41 heavy (non-hydrogen) atoms. The van der Waals surface area contributed by atoms with Crippen molar-refractivity contribution in [2.24, 2.45) is 0 Å². The number of methoxy groups -OCH3 is 1. The van der Waals surface area contributed by atoms with Gasteiger partial charge in [-0.25, -0.2) is 0 Å². The van der Waals surface area contributed by atoms with Gasteiger partial charge in [-0.1, -0.05) is 72.6 Å². The highest BCUT2D eigenvalue weighted by Gasteiger charge is 2.30. The zero-order valence-corrected chi connectivity index (χ0v) is 28.1. The molecule has 4 aromatic carbocycles. The third-order valence-corrected chi connectivity index (χ3v) is 8.64. The normalized spacial score (nSPS) is 12.2. The van der Waals surface area contributed by atoms with Crippen LogP contribution in [0.5, 0.6) is 23.0 Å². The largest absolute Gasteiger partial charge is 0.508 e. The third kappa shape index (κ3) is 6.99. The predicted octanol–water partition coefficient (Wildman–Crippen LogP) is 9.89. The summed E-state index contributed by atoms with van der Waals surface area (Å²) in [7, 11) is 1.65. The average molecular weight is 747 g/mol. The second-order valence-corrected chi connectivity index (χ2v) is 13.5. The molecule has 0 aromatic heterocycles. The summed E-state index contributed by atoms with van der Waals surface area (Å²) in [5.74, 6) is 0.593. The Balaban J connectivity index is 2.04. The summed E-state index contributed by atoms with van der Waals surface area (Å²) in [5.41, 5.74) is 4.85. The lowest BCUT2D eigenvalue weighted by atomic mass is 9.80. The molecule has 0 radical (unpaired) electrons.